The number of halogens is 3. The van der Waals surface area contributed by atoms with Gasteiger partial charge in [0.05, 0.1) is 5.56 Å². The Balaban J connectivity index is 2.85. The molecular weight excluding hydrogens is 263 g/mol. The molecule has 0 spiro atoms. The molecule has 0 fully saturated rings. The lowest BCUT2D eigenvalue weighted by atomic mass is 9.98. The second kappa shape index (κ2) is 8.10. The number of unbranched alkanes of at least 4 members (excludes halogenated alkanes) is 1. The van der Waals surface area contributed by atoms with Gasteiger partial charge >= 0.3 is 6.18 Å². The van der Waals surface area contributed by atoms with Gasteiger partial charge < -0.3 is 5.32 Å². The van der Waals surface area contributed by atoms with Crippen molar-refractivity contribution in [2.75, 3.05) is 6.54 Å². The molecule has 0 amide bonds. The van der Waals surface area contributed by atoms with Crippen LogP contribution in [0.3, 0.4) is 0 Å². The monoisotopic (exact) mass is 285 g/mol. The Morgan fingerprint density at radius 3 is 2.70 bits per heavy atom. The Hall–Kier alpha value is -1.29. The normalized spacial score (nSPS) is 13.2. The van der Waals surface area contributed by atoms with Crippen molar-refractivity contribution < 1.29 is 13.2 Å². The van der Waals surface area contributed by atoms with Gasteiger partial charge in [0, 0.05) is 6.04 Å². The Labute approximate surface area is 118 Å². The zero-order chi connectivity index (χ0) is 15.0. The molecule has 0 aliphatic carbocycles. The van der Waals surface area contributed by atoms with Crippen LogP contribution in [0.1, 0.15) is 49.8 Å². The molecule has 1 aromatic rings. The Bertz CT molecular complexity index is 412. The molecular formula is C16H22F3N. The Morgan fingerprint density at radius 1 is 1.35 bits per heavy atom. The van der Waals surface area contributed by atoms with E-state index in [2.05, 4.69) is 11.9 Å². The molecule has 0 saturated heterocycles. The number of nitrogens with one attached hydrogen (secondary N) is 1. The predicted octanol–water partition coefficient (Wildman–Crippen LogP) is 5.10. The van der Waals surface area contributed by atoms with Gasteiger partial charge in [0.15, 0.2) is 0 Å². The summed E-state index contributed by atoms with van der Waals surface area (Å²) in [5, 5.41) is 3.32. The predicted molar refractivity (Wildman–Crippen MR) is 76.5 cm³/mol. The highest BCUT2D eigenvalue weighted by Gasteiger charge is 2.30. The maximum atomic E-state index is 12.8. The highest BCUT2D eigenvalue weighted by Crippen LogP contribution is 2.31. The van der Waals surface area contributed by atoms with Crippen LogP contribution >= 0.6 is 0 Å². The van der Waals surface area contributed by atoms with E-state index >= 15 is 0 Å². The van der Waals surface area contributed by atoms with Crippen LogP contribution in [0.25, 0.3) is 0 Å². The summed E-state index contributed by atoms with van der Waals surface area (Å²) in [6, 6.07) is 5.57. The lowest BCUT2D eigenvalue weighted by Gasteiger charge is -2.20. The fraction of sp³-hybridized carbons (Fsp3) is 0.500. The summed E-state index contributed by atoms with van der Waals surface area (Å²) in [6.45, 7) is 6.51. The van der Waals surface area contributed by atoms with Crippen molar-refractivity contribution in [3.63, 3.8) is 0 Å². The van der Waals surface area contributed by atoms with E-state index in [1.54, 1.807) is 6.07 Å². The average molecular weight is 285 g/mol. The second-order valence-electron chi connectivity index (χ2n) is 4.85. The summed E-state index contributed by atoms with van der Waals surface area (Å²) in [5.41, 5.74) is 0.124. The van der Waals surface area contributed by atoms with E-state index in [0.29, 0.717) is 5.56 Å². The molecule has 4 heteroatoms. The van der Waals surface area contributed by atoms with Gasteiger partial charge in [0.25, 0.3) is 0 Å². The highest BCUT2D eigenvalue weighted by atomic mass is 19.4. The molecule has 1 atom stereocenters. The van der Waals surface area contributed by atoms with Crippen molar-refractivity contribution >= 4 is 0 Å². The van der Waals surface area contributed by atoms with Gasteiger partial charge in [-0.3, -0.25) is 0 Å². The molecule has 0 saturated carbocycles. The SMILES string of the molecule is C=CCCCC(NCCC)c1cccc(C(F)(F)F)c1. The minimum Gasteiger partial charge on any atom is -0.310 e. The number of allylic oxidation sites excluding steroid dienone is 1. The van der Waals surface area contributed by atoms with Crippen molar-refractivity contribution in [3.8, 4) is 0 Å². The minimum atomic E-state index is -4.29. The fourth-order valence-electron chi connectivity index (χ4n) is 2.10. The van der Waals surface area contributed by atoms with E-state index < -0.39 is 11.7 Å². The first-order chi connectivity index (χ1) is 9.49. The lowest BCUT2D eigenvalue weighted by Crippen LogP contribution is -2.22. The van der Waals surface area contributed by atoms with Crippen LogP contribution in [-0.4, -0.2) is 6.54 Å². The molecule has 0 heterocycles. The van der Waals surface area contributed by atoms with E-state index in [0.717, 1.165) is 38.3 Å². The zero-order valence-corrected chi connectivity index (χ0v) is 11.8. The number of hydrogen-bond donors (Lipinski definition) is 1. The van der Waals surface area contributed by atoms with Crippen molar-refractivity contribution in [2.45, 2.75) is 44.8 Å². The van der Waals surface area contributed by atoms with Gasteiger partial charge in [-0.25, -0.2) is 0 Å². The molecule has 1 nitrogen and oxygen atoms in total. The van der Waals surface area contributed by atoms with E-state index in [9.17, 15) is 13.2 Å². The topological polar surface area (TPSA) is 12.0 Å². The molecule has 1 aromatic carbocycles. The third-order valence-corrected chi connectivity index (χ3v) is 3.16. The summed E-state index contributed by atoms with van der Waals surface area (Å²) in [5.74, 6) is 0. The van der Waals surface area contributed by atoms with Crippen LogP contribution < -0.4 is 5.32 Å². The van der Waals surface area contributed by atoms with Crippen LogP contribution in [0.2, 0.25) is 0 Å². The van der Waals surface area contributed by atoms with Crippen molar-refractivity contribution in [3.05, 3.63) is 48.0 Å². The van der Waals surface area contributed by atoms with Gasteiger partial charge in [-0.05, 0) is 49.9 Å². The molecule has 112 valence electrons. The average Bonchev–Trinajstić information content (AvgIpc) is 2.42. The van der Waals surface area contributed by atoms with Crippen molar-refractivity contribution in [2.24, 2.45) is 0 Å². The molecule has 20 heavy (non-hydrogen) atoms. The number of benzene rings is 1. The fourth-order valence-corrected chi connectivity index (χ4v) is 2.10. The number of hydrogen-bond acceptors (Lipinski definition) is 1. The summed E-state index contributed by atoms with van der Waals surface area (Å²) >= 11 is 0. The second-order valence-corrected chi connectivity index (χ2v) is 4.85. The molecule has 1 rings (SSSR count). The maximum Gasteiger partial charge on any atom is 0.416 e. The van der Waals surface area contributed by atoms with Gasteiger partial charge in [-0.2, -0.15) is 13.2 Å². The highest BCUT2D eigenvalue weighted by molar-refractivity contribution is 5.28. The molecule has 0 radical (unpaired) electrons. The van der Waals surface area contributed by atoms with Crippen molar-refractivity contribution in [1.82, 2.24) is 5.32 Å². The molecule has 1 unspecified atom stereocenters. The molecule has 0 aliphatic heterocycles. The van der Waals surface area contributed by atoms with Gasteiger partial charge in [-0.1, -0.05) is 25.1 Å². The van der Waals surface area contributed by atoms with Gasteiger partial charge in [0.2, 0.25) is 0 Å². The molecule has 0 bridgehead atoms. The first-order valence-corrected chi connectivity index (χ1v) is 7.00. The zero-order valence-electron chi connectivity index (χ0n) is 11.8. The third-order valence-electron chi connectivity index (χ3n) is 3.16. The van der Waals surface area contributed by atoms with Crippen LogP contribution in [0.15, 0.2) is 36.9 Å². The third kappa shape index (κ3) is 5.37. The van der Waals surface area contributed by atoms with Gasteiger partial charge in [0.1, 0.15) is 0 Å². The van der Waals surface area contributed by atoms with Crippen LogP contribution in [0.4, 0.5) is 13.2 Å². The smallest absolute Gasteiger partial charge is 0.310 e. The van der Waals surface area contributed by atoms with E-state index in [-0.39, 0.29) is 6.04 Å². The largest absolute Gasteiger partial charge is 0.416 e. The van der Waals surface area contributed by atoms with Crippen LogP contribution in [-0.2, 0) is 6.18 Å². The van der Waals surface area contributed by atoms with Crippen LogP contribution in [0, 0.1) is 0 Å². The van der Waals surface area contributed by atoms with E-state index in [4.69, 9.17) is 0 Å². The molecule has 0 aromatic heterocycles. The summed E-state index contributed by atoms with van der Waals surface area (Å²) in [4.78, 5) is 0. The van der Waals surface area contributed by atoms with Crippen LogP contribution in [0.5, 0.6) is 0 Å². The molecule has 1 N–H and O–H groups in total. The molecule has 0 aliphatic rings. The minimum absolute atomic E-state index is 0.0304. The summed E-state index contributed by atoms with van der Waals surface area (Å²) in [7, 11) is 0. The van der Waals surface area contributed by atoms with Gasteiger partial charge in [-0.15, -0.1) is 6.58 Å². The lowest BCUT2D eigenvalue weighted by molar-refractivity contribution is -0.137. The first kappa shape index (κ1) is 16.8. The van der Waals surface area contributed by atoms with E-state index in [1.165, 1.54) is 12.1 Å². The maximum absolute atomic E-state index is 12.8. The first-order valence-electron chi connectivity index (χ1n) is 7.00. The van der Waals surface area contributed by atoms with E-state index in [1.807, 2.05) is 13.0 Å². The summed E-state index contributed by atoms with van der Waals surface area (Å²) < 4.78 is 38.3. The summed E-state index contributed by atoms with van der Waals surface area (Å²) in [6.07, 6.45) is 1.12. The number of rotatable bonds is 8. The Morgan fingerprint density at radius 2 is 2.10 bits per heavy atom. The standard InChI is InChI=1S/C16H22F3N/c1-3-5-6-10-15(20-11-4-2)13-8-7-9-14(12-13)16(17,18)19/h3,7-9,12,15,20H,1,4-6,10-11H2,2H3. The quantitative estimate of drug-likeness (QED) is 0.517. The number of alkyl halides is 3. The van der Waals surface area contributed by atoms with Crippen molar-refractivity contribution in [1.29, 1.82) is 0 Å². The Kier molecular flexibility index (Phi) is 6.79.